The van der Waals surface area contributed by atoms with Crippen LogP contribution in [0.25, 0.3) is 6.08 Å². The van der Waals surface area contributed by atoms with Gasteiger partial charge >= 0.3 is 0 Å². The first kappa shape index (κ1) is 22.6. The number of rotatable bonds is 9. The second kappa shape index (κ2) is 10.8. The first-order chi connectivity index (χ1) is 14.5. The molecule has 3 rings (SSSR count). The summed E-state index contributed by atoms with van der Waals surface area (Å²) in [5, 5.41) is 0. The number of amides is 1. The molecule has 0 saturated carbocycles. The lowest BCUT2D eigenvalue weighted by molar-refractivity contribution is -0.121. The van der Waals surface area contributed by atoms with Gasteiger partial charge in [-0.3, -0.25) is 9.69 Å². The van der Waals surface area contributed by atoms with Gasteiger partial charge in [0.15, 0.2) is 11.5 Å². The van der Waals surface area contributed by atoms with Crippen molar-refractivity contribution in [3.63, 3.8) is 0 Å². The quantitative estimate of drug-likeness (QED) is 0.141. The molecule has 0 atom stereocenters. The number of hydrogen-bond acceptors (Lipinski definition) is 6. The highest BCUT2D eigenvalue weighted by atomic mass is 127. The molecule has 1 amide bonds. The van der Waals surface area contributed by atoms with Crippen molar-refractivity contribution in [1.29, 1.82) is 0 Å². The number of carbonyl (C=O) groups is 1. The number of ether oxygens (including phenoxy) is 3. The molecule has 0 radical (unpaired) electrons. The number of halogens is 1. The molecule has 0 unspecified atom stereocenters. The fourth-order valence-electron chi connectivity index (χ4n) is 2.72. The number of carbonyl (C=O) groups excluding carboxylic acids is 1. The Morgan fingerprint density at radius 3 is 2.63 bits per heavy atom. The Hall–Kier alpha value is -2.04. The third-order valence-corrected chi connectivity index (χ3v) is 6.26. The molecular formula is C22H20INO4S2. The third kappa shape index (κ3) is 5.55. The highest BCUT2D eigenvalue weighted by Gasteiger charge is 2.31. The van der Waals surface area contributed by atoms with Crippen LogP contribution in [0.3, 0.4) is 0 Å². The number of thioether (sulfide) groups is 1. The van der Waals surface area contributed by atoms with Gasteiger partial charge in [-0.05, 0) is 58.5 Å². The van der Waals surface area contributed by atoms with Gasteiger partial charge in [0.1, 0.15) is 23.3 Å². The minimum Gasteiger partial charge on any atom is -0.493 e. The van der Waals surface area contributed by atoms with E-state index < -0.39 is 0 Å². The Morgan fingerprint density at radius 1 is 1.20 bits per heavy atom. The molecule has 1 aliphatic rings. The lowest BCUT2D eigenvalue weighted by Gasteiger charge is -2.14. The number of thiocarbonyl (C=S) groups is 1. The van der Waals surface area contributed by atoms with Gasteiger partial charge in [-0.25, -0.2) is 0 Å². The van der Waals surface area contributed by atoms with Crippen molar-refractivity contribution in [1.82, 2.24) is 4.90 Å². The monoisotopic (exact) mass is 553 g/mol. The van der Waals surface area contributed by atoms with Crippen LogP contribution in [0.4, 0.5) is 0 Å². The summed E-state index contributed by atoms with van der Waals surface area (Å²) < 4.78 is 18.5. The summed E-state index contributed by atoms with van der Waals surface area (Å²) >= 11 is 8.77. The Kier molecular flexibility index (Phi) is 8.17. The largest absolute Gasteiger partial charge is 0.493 e. The predicted octanol–water partition coefficient (Wildman–Crippen LogP) is 5.14. The van der Waals surface area contributed by atoms with Crippen LogP contribution in [0.15, 0.2) is 60.0 Å². The van der Waals surface area contributed by atoms with E-state index in [4.69, 9.17) is 26.4 Å². The average Bonchev–Trinajstić information content (AvgIpc) is 3.00. The number of nitrogens with zero attached hydrogens (tertiary/aromatic N) is 1. The van der Waals surface area contributed by atoms with Crippen LogP contribution in [0, 0.1) is 3.57 Å². The standard InChI is InChI=1S/C22H20INO4S2/c1-3-9-24-21(25)19(30-22(24)29)14-15-12-17(23)20(18(13-15)26-2)28-11-10-27-16-7-5-4-6-8-16/h3-8,12-14H,1,9-11H2,2H3. The lowest BCUT2D eigenvalue weighted by atomic mass is 10.2. The van der Waals surface area contributed by atoms with Crippen molar-refractivity contribution in [3.8, 4) is 17.2 Å². The Labute approximate surface area is 199 Å². The summed E-state index contributed by atoms with van der Waals surface area (Å²) in [6, 6.07) is 13.4. The molecule has 0 bridgehead atoms. The zero-order valence-electron chi connectivity index (χ0n) is 16.3. The molecule has 1 heterocycles. The van der Waals surface area contributed by atoms with E-state index in [1.807, 2.05) is 48.5 Å². The normalized spacial score (nSPS) is 14.9. The highest BCUT2D eigenvalue weighted by molar-refractivity contribution is 14.1. The third-order valence-electron chi connectivity index (χ3n) is 4.08. The summed E-state index contributed by atoms with van der Waals surface area (Å²) in [6.45, 7) is 4.86. The first-order valence-corrected chi connectivity index (χ1v) is 11.4. The van der Waals surface area contributed by atoms with Crippen LogP contribution in [0.2, 0.25) is 0 Å². The topological polar surface area (TPSA) is 48.0 Å². The summed E-state index contributed by atoms with van der Waals surface area (Å²) in [5.74, 6) is 1.92. The Bertz CT molecular complexity index is 979. The maximum Gasteiger partial charge on any atom is 0.266 e. The number of benzene rings is 2. The van der Waals surface area contributed by atoms with Gasteiger partial charge < -0.3 is 14.2 Å². The molecule has 1 fully saturated rings. The smallest absolute Gasteiger partial charge is 0.266 e. The van der Waals surface area contributed by atoms with Crippen molar-refractivity contribution >= 4 is 62.9 Å². The van der Waals surface area contributed by atoms with Crippen molar-refractivity contribution < 1.29 is 19.0 Å². The Balaban J connectivity index is 1.70. The molecule has 0 N–H and O–H groups in total. The van der Waals surface area contributed by atoms with Crippen LogP contribution in [0.1, 0.15) is 5.56 Å². The fraction of sp³-hybridized carbons (Fsp3) is 0.182. The van der Waals surface area contributed by atoms with Crippen molar-refractivity contribution in [3.05, 3.63) is 69.2 Å². The van der Waals surface area contributed by atoms with E-state index in [0.29, 0.717) is 40.5 Å². The molecule has 0 spiro atoms. The van der Waals surface area contributed by atoms with Gasteiger partial charge in [0.2, 0.25) is 0 Å². The maximum atomic E-state index is 12.5. The molecular weight excluding hydrogens is 533 g/mol. The number of para-hydroxylation sites is 1. The zero-order valence-corrected chi connectivity index (χ0v) is 20.1. The molecule has 0 aliphatic carbocycles. The van der Waals surface area contributed by atoms with Gasteiger partial charge in [-0.1, -0.05) is 48.3 Å². The van der Waals surface area contributed by atoms with Crippen molar-refractivity contribution in [2.24, 2.45) is 0 Å². The highest BCUT2D eigenvalue weighted by Crippen LogP contribution is 2.37. The average molecular weight is 553 g/mol. The van der Waals surface area contributed by atoms with Gasteiger partial charge in [0, 0.05) is 6.54 Å². The maximum absolute atomic E-state index is 12.5. The molecule has 30 heavy (non-hydrogen) atoms. The minimum absolute atomic E-state index is 0.114. The van der Waals surface area contributed by atoms with E-state index in [2.05, 4.69) is 29.2 Å². The van der Waals surface area contributed by atoms with Crippen molar-refractivity contribution in [2.45, 2.75) is 0 Å². The van der Waals surface area contributed by atoms with E-state index in [1.54, 1.807) is 13.2 Å². The zero-order chi connectivity index (χ0) is 21.5. The molecule has 8 heteroatoms. The molecule has 1 saturated heterocycles. The second-order valence-electron chi connectivity index (χ2n) is 6.13. The number of hydrogen-bond donors (Lipinski definition) is 0. The molecule has 5 nitrogen and oxygen atoms in total. The summed E-state index contributed by atoms with van der Waals surface area (Å²) in [4.78, 5) is 14.6. The van der Waals surface area contributed by atoms with Gasteiger partial charge in [0.05, 0.1) is 15.6 Å². The molecule has 2 aromatic rings. The van der Waals surface area contributed by atoms with E-state index >= 15 is 0 Å². The van der Waals surface area contributed by atoms with E-state index in [-0.39, 0.29) is 5.91 Å². The van der Waals surface area contributed by atoms with Gasteiger partial charge in [0.25, 0.3) is 5.91 Å². The molecule has 156 valence electrons. The fourth-order valence-corrected chi connectivity index (χ4v) is 4.78. The molecule has 2 aromatic carbocycles. The van der Waals surface area contributed by atoms with Crippen LogP contribution in [-0.4, -0.2) is 42.0 Å². The van der Waals surface area contributed by atoms with Crippen molar-refractivity contribution in [2.75, 3.05) is 26.9 Å². The SMILES string of the molecule is C=CCN1C(=O)C(=Cc2cc(I)c(OCCOc3ccccc3)c(OC)c2)SC1=S. The van der Waals surface area contributed by atoms with Gasteiger partial charge in [-0.15, -0.1) is 6.58 Å². The number of methoxy groups -OCH3 is 1. The van der Waals surface area contributed by atoms with E-state index in [1.165, 1.54) is 16.7 Å². The first-order valence-electron chi connectivity index (χ1n) is 9.08. The summed E-state index contributed by atoms with van der Waals surface area (Å²) in [7, 11) is 1.59. The van der Waals surface area contributed by atoms with Gasteiger partial charge in [-0.2, -0.15) is 0 Å². The summed E-state index contributed by atoms with van der Waals surface area (Å²) in [6.07, 6.45) is 3.47. The molecule has 1 aliphatic heterocycles. The van der Waals surface area contributed by atoms with Crippen LogP contribution in [-0.2, 0) is 4.79 Å². The van der Waals surface area contributed by atoms with Crippen LogP contribution >= 0.6 is 46.6 Å². The Morgan fingerprint density at radius 2 is 1.93 bits per heavy atom. The predicted molar refractivity (Wildman–Crippen MR) is 133 cm³/mol. The molecule has 0 aromatic heterocycles. The second-order valence-corrected chi connectivity index (χ2v) is 8.96. The minimum atomic E-state index is -0.114. The van der Waals surface area contributed by atoms with E-state index in [9.17, 15) is 4.79 Å². The van der Waals surface area contributed by atoms with E-state index in [0.717, 1.165) is 14.9 Å². The van der Waals surface area contributed by atoms with Crippen LogP contribution in [0.5, 0.6) is 17.2 Å². The lowest BCUT2D eigenvalue weighted by Crippen LogP contribution is -2.27. The van der Waals surface area contributed by atoms with Crippen LogP contribution < -0.4 is 14.2 Å². The summed E-state index contributed by atoms with van der Waals surface area (Å²) in [5.41, 5.74) is 0.836.